The van der Waals surface area contributed by atoms with E-state index in [1.165, 1.54) is 26.3 Å². The molecular formula is C32H34N6O5S. The number of nitrogens with one attached hydrogen (secondary N) is 2. The van der Waals surface area contributed by atoms with E-state index in [4.69, 9.17) is 15.2 Å². The lowest BCUT2D eigenvalue weighted by atomic mass is 10.00. The van der Waals surface area contributed by atoms with Crippen LogP contribution in [-0.2, 0) is 24.6 Å². The minimum atomic E-state index is -0.562. The van der Waals surface area contributed by atoms with Gasteiger partial charge in [0.05, 0.1) is 24.5 Å². The molecule has 0 radical (unpaired) electrons. The molecule has 11 nitrogen and oxygen atoms in total. The first-order valence-electron chi connectivity index (χ1n) is 14.6. The minimum absolute atomic E-state index is 0.0930. The number of carbonyl (C=O) groups is 2. The van der Waals surface area contributed by atoms with E-state index in [1.54, 1.807) is 42.4 Å². The van der Waals surface area contributed by atoms with Crippen LogP contribution in [0.2, 0.25) is 0 Å². The summed E-state index contributed by atoms with van der Waals surface area (Å²) in [5, 5.41) is 6.52. The predicted molar refractivity (Wildman–Crippen MR) is 171 cm³/mol. The van der Waals surface area contributed by atoms with Crippen molar-refractivity contribution in [1.82, 2.24) is 14.5 Å². The third-order valence-corrected chi connectivity index (χ3v) is 9.04. The molecule has 4 aromatic rings. The molecule has 44 heavy (non-hydrogen) atoms. The third kappa shape index (κ3) is 6.17. The van der Waals surface area contributed by atoms with Gasteiger partial charge in [-0.2, -0.15) is 0 Å². The van der Waals surface area contributed by atoms with Gasteiger partial charge in [0.1, 0.15) is 0 Å². The van der Waals surface area contributed by atoms with Crippen LogP contribution >= 0.6 is 11.3 Å². The molecule has 2 amide bonds. The Morgan fingerprint density at radius 2 is 1.89 bits per heavy atom. The Morgan fingerprint density at radius 1 is 1.09 bits per heavy atom. The molecule has 0 unspecified atom stereocenters. The number of carbonyl (C=O) groups excluding carboxylic acids is 2. The monoisotopic (exact) mass is 614 g/mol. The number of benzene rings is 2. The average molecular weight is 615 g/mol. The molecule has 1 saturated heterocycles. The van der Waals surface area contributed by atoms with Gasteiger partial charge in [-0.1, -0.05) is 12.1 Å². The number of morpholine rings is 1. The Hall–Kier alpha value is -4.68. The lowest BCUT2D eigenvalue weighted by Crippen LogP contribution is -2.40. The van der Waals surface area contributed by atoms with E-state index < -0.39 is 6.09 Å². The average Bonchev–Trinajstić information content (AvgIpc) is 3.43. The number of aryl methyl sites for hydroxylation is 3. The second-order valence-electron chi connectivity index (χ2n) is 10.9. The van der Waals surface area contributed by atoms with Crippen LogP contribution in [0.25, 0.3) is 11.3 Å². The topological polar surface area (TPSA) is 141 Å². The highest BCUT2D eigenvalue weighted by atomic mass is 32.1. The third-order valence-electron chi connectivity index (χ3n) is 7.93. The summed E-state index contributed by atoms with van der Waals surface area (Å²) in [7, 11) is 1.65. The molecule has 0 saturated carbocycles. The molecule has 12 heteroatoms. The molecular weight excluding hydrogens is 580 g/mol. The smallest absolute Gasteiger partial charge is 0.399 e. The van der Waals surface area contributed by atoms with Crippen LogP contribution in [0.1, 0.15) is 39.2 Å². The fraction of sp³-hybridized carbons (Fsp3) is 0.312. The van der Waals surface area contributed by atoms with Gasteiger partial charge >= 0.3 is 6.09 Å². The summed E-state index contributed by atoms with van der Waals surface area (Å²) in [6, 6.07) is 12.4. The van der Waals surface area contributed by atoms with Crippen LogP contribution < -0.4 is 26.7 Å². The summed E-state index contributed by atoms with van der Waals surface area (Å²) in [5.74, 6) is -0.0637. The second kappa shape index (κ2) is 12.5. The molecule has 1 aliphatic carbocycles. The predicted octanol–water partition coefficient (Wildman–Crippen LogP) is 5.11. The first-order chi connectivity index (χ1) is 21.3. The van der Waals surface area contributed by atoms with Gasteiger partial charge in [0, 0.05) is 53.8 Å². The summed E-state index contributed by atoms with van der Waals surface area (Å²) in [5.41, 5.74) is 11.0. The van der Waals surface area contributed by atoms with Gasteiger partial charge < -0.3 is 30.0 Å². The number of nitrogens with zero attached hydrogens (tertiary/aromatic N) is 3. The molecule has 0 spiro atoms. The van der Waals surface area contributed by atoms with Crippen molar-refractivity contribution in [3.63, 3.8) is 0 Å². The molecule has 1 fully saturated rings. The number of anilines is 4. The number of aromatic nitrogens is 2. The quantitative estimate of drug-likeness (QED) is 0.255. The molecule has 3 heterocycles. The molecule has 6 rings (SSSR count). The van der Waals surface area contributed by atoms with Crippen LogP contribution in [0.5, 0.6) is 5.06 Å². The van der Waals surface area contributed by atoms with Crippen LogP contribution in [-0.4, -0.2) is 52.8 Å². The summed E-state index contributed by atoms with van der Waals surface area (Å²) >= 11 is 1.53. The standard InChI is InChI=1S/C32H34N6O5S/c1-19-22(7-5-8-25(19)36-32(41)43-28-16-20-6-3-4-9-27(20)44-28)26-18-37(2)31(40)29(35-26)34-21-10-11-23(24(33)17-21)30(39)38-12-14-42-15-13-38/h5,7-8,10-11,16-18H,3-4,6,9,12-15,33H2,1-2H3,(H,34,35)(H,36,41). The number of thiophene rings is 1. The van der Waals surface area contributed by atoms with Crippen LogP contribution in [0.3, 0.4) is 0 Å². The first-order valence-corrected chi connectivity index (χ1v) is 15.4. The van der Waals surface area contributed by atoms with Gasteiger partial charge in [0.2, 0.25) is 0 Å². The second-order valence-corrected chi connectivity index (χ2v) is 12.0. The van der Waals surface area contributed by atoms with Crippen molar-refractivity contribution < 1.29 is 19.1 Å². The normalized spacial score (nSPS) is 14.5. The number of fused-ring (bicyclic) bond motifs is 1. The highest BCUT2D eigenvalue weighted by Gasteiger charge is 2.21. The van der Waals surface area contributed by atoms with Gasteiger partial charge in [-0.15, -0.1) is 11.3 Å². The van der Waals surface area contributed by atoms with E-state index >= 15 is 0 Å². The highest BCUT2D eigenvalue weighted by Crippen LogP contribution is 2.35. The highest BCUT2D eigenvalue weighted by molar-refractivity contribution is 7.14. The zero-order valence-corrected chi connectivity index (χ0v) is 25.5. The van der Waals surface area contributed by atoms with Gasteiger partial charge in [-0.25, -0.2) is 9.78 Å². The molecule has 1 aliphatic heterocycles. The van der Waals surface area contributed by atoms with E-state index in [0.717, 1.165) is 36.8 Å². The Balaban J connectivity index is 1.20. The summed E-state index contributed by atoms with van der Waals surface area (Å²) in [4.78, 5) is 46.4. The molecule has 2 aromatic carbocycles. The van der Waals surface area contributed by atoms with E-state index in [9.17, 15) is 14.4 Å². The number of rotatable bonds is 6. The van der Waals surface area contributed by atoms with Crippen LogP contribution in [0.15, 0.2) is 53.5 Å². The molecule has 0 bridgehead atoms. The van der Waals surface area contributed by atoms with E-state index in [2.05, 4.69) is 15.6 Å². The maximum absolute atomic E-state index is 13.0. The fourth-order valence-corrected chi connectivity index (χ4v) is 6.62. The maximum Gasteiger partial charge on any atom is 0.417 e. The lowest BCUT2D eigenvalue weighted by molar-refractivity contribution is 0.0303. The Bertz CT molecular complexity index is 1770. The Morgan fingerprint density at radius 3 is 2.66 bits per heavy atom. The van der Waals surface area contributed by atoms with Crippen molar-refractivity contribution in [3.8, 4) is 16.3 Å². The van der Waals surface area contributed by atoms with Crippen LogP contribution in [0.4, 0.5) is 27.7 Å². The van der Waals surface area contributed by atoms with E-state index in [0.29, 0.717) is 59.7 Å². The molecule has 0 atom stereocenters. The zero-order chi connectivity index (χ0) is 30.8. The number of hydrogen-bond donors (Lipinski definition) is 3. The number of amides is 2. The van der Waals surface area contributed by atoms with Crippen LogP contribution in [0, 0.1) is 6.92 Å². The minimum Gasteiger partial charge on any atom is -0.399 e. The molecule has 2 aromatic heterocycles. The summed E-state index contributed by atoms with van der Waals surface area (Å²) < 4.78 is 12.4. The number of hydrogen-bond acceptors (Lipinski definition) is 9. The van der Waals surface area contributed by atoms with Crippen molar-refractivity contribution in [1.29, 1.82) is 0 Å². The van der Waals surface area contributed by atoms with Gasteiger partial charge in [0.15, 0.2) is 10.9 Å². The summed E-state index contributed by atoms with van der Waals surface area (Å²) in [6.07, 6.45) is 5.46. The largest absolute Gasteiger partial charge is 0.417 e. The fourth-order valence-electron chi connectivity index (χ4n) is 5.52. The Kier molecular flexibility index (Phi) is 8.36. The van der Waals surface area contributed by atoms with E-state index in [-0.39, 0.29) is 17.3 Å². The number of nitrogens with two attached hydrogens (primary N) is 1. The van der Waals surface area contributed by atoms with Gasteiger partial charge in [-0.3, -0.25) is 14.9 Å². The zero-order valence-electron chi connectivity index (χ0n) is 24.6. The van der Waals surface area contributed by atoms with Crippen molar-refractivity contribution in [3.05, 3.63) is 80.6 Å². The lowest BCUT2D eigenvalue weighted by Gasteiger charge is -2.27. The molecule has 228 valence electrons. The van der Waals surface area contributed by atoms with Crippen molar-refractivity contribution in [2.24, 2.45) is 7.05 Å². The maximum atomic E-state index is 13.0. The SMILES string of the molecule is Cc1c(NC(=O)Oc2cc3c(s2)CCCC3)cccc1-c1cn(C)c(=O)c(Nc2ccc(C(=O)N3CCOCC3)c(N)c2)n1. The van der Waals surface area contributed by atoms with E-state index in [1.807, 2.05) is 25.1 Å². The summed E-state index contributed by atoms with van der Waals surface area (Å²) in [6.45, 7) is 3.89. The molecule has 4 N–H and O–H groups in total. The Labute approximate surface area is 258 Å². The van der Waals surface area contributed by atoms with Crippen molar-refractivity contribution >= 4 is 46.2 Å². The number of ether oxygens (including phenoxy) is 2. The number of nitrogen functional groups attached to an aromatic ring is 1. The van der Waals surface area contributed by atoms with Crippen molar-refractivity contribution in [2.45, 2.75) is 32.6 Å². The van der Waals surface area contributed by atoms with Crippen molar-refractivity contribution in [2.75, 3.05) is 42.7 Å². The first kappa shape index (κ1) is 29.4. The van der Waals surface area contributed by atoms with Gasteiger partial charge in [-0.05, 0) is 74.1 Å². The molecule has 2 aliphatic rings. The van der Waals surface area contributed by atoms with Gasteiger partial charge in [0.25, 0.3) is 11.5 Å².